The number of aromatic nitrogens is 1. The predicted molar refractivity (Wildman–Crippen MR) is 146 cm³/mol. The topological polar surface area (TPSA) is 110 Å². The Kier molecular flexibility index (Phi) is 7.27. The molecule has 0 spiro atoms. The van der Waals surface area contributed by atoms with Gasteiger partial charge in [-0.05, 0) is 47.5 Å². The van der Waals surface area contributed by atoms with Gasteiger partial charge < -0.3 is 9.52 Å². The average molecular weight is 541 g/mol. The molecular weight excluding hydrogens is 516 g/mol. The van der Waals surface area contributed by atoms with Crippen LogP contribution >= 0.6 is 0 Å². The molecule has 0 bridgehead atoms. The first-order chi connectivity index (χ1) is 18.8. The molecule has 0 amide bonds. The highest BCUT2D eigenvalue weighted by Gasteiger charge is 2.25. The van der Waals surface area contributed by atoms with Crippen LogP contribution in [-0.2, 0) is 23.1 Å². The summed E-state index contributed by atoms with van der Waals surface area (Å²) in [7, 11) is -3.88. The van der Waals surface area contributed by atoms with Gasteiger partial charge in [-0.25, -0.2) is 22.6 Å². The number of hydrogen-bond donors (Lipinski definition) is 1. The Hall–Kier alpha value is -4.73. The summed E-state index contributed by atoms with van der Waals surface area (Å²) in [6.45, 7) is 0.404. The van der Waals surface area contributed by atoms with E-state index >= 15 is 0 Å². The van der Waals surface area contributed by atoms with E-state index in [-0.39, 0.29) is 23.5 Å². The molecule has 1 heterocycles. The molecule has 0 radical (unpaired) electrons. The summed E-state index contributed by atoms with van der Waals surface area (Å²) in [5.41, 5.74) is 3.19. The first-order valence-corrected chi connectivity index (χ1v) is 13.5. The van der Waals surface area contributed by atoms with E-state index in [1.165, 1.54) is 51.5 Å². The van der Waals surface area contributed by atoms with Gasteiger partial charge in [0.15, 0.2) is 0 Å². The Morgan fingerprint density at radius 3 is 1.82 bits per heavy atom. The number of nitrogens with zero attached hydrogens (tertiary/aromatic N) is 2. The highest BCUT2D eigenvalue weighted by Crippen LogP contribution is 2.26. The SMILES string of the molecule is O=C(O)c1ccc(-n2c(-c3ccc(S(=O)(=O)N(Cc4ccccc4)Cc4ccccc4)cc3)coc2=O)cc1. The van der Waals surface area contributed by atoms with Crippen molar-refractivity contribution in [3.63, 3.8) is 0 Å². The van der Waals surface area contributed by atoms with Crippen molar-refractivity contribution < 1.29 is 22.7 Å². The summed E-state index contributed by atoms with van der Waals surface area (Å²) in [5, 5.41) is 9.15. The molecule has 0 atom stereocenters. The molecule has 0 aliphatic heterocycles. The largest absolute Gasteiger partial charge is 0.478 e. The van der Waals surface area contributed by atoms with Crippen molar-refractivity contribution >= 4 is 16.0 Å². The van der Waals surface area contributed by atoms with E-state index in [9.17, 15) is 18.0 Å². The molecule has 1 aromatic heterocycles. The number of hydrogen-bond acceptors (Lipinski definition) is 5. The molecule has 0 unspecified atom stereocenters. The molecule has 0 aliphatic carbocycles. The zero-order chi connectivity index (χ0) is 27.4. The maximum absolute atomic E-state index is 13.8. The second-order valence-electron chi connectivity index (χ2n) is 8.84. The lowest BCUT2D eigenvalue weighted by molar-refractivity contribution is 0.0697. The Morgan fingerprint density at radius 2 is 1.31 bits per heavy atom. The number of carbonyl (C=O) groups is 1. The summed E-state index contributed by atoms with van der Waals surface area (Å²) >= 11 is 0. The van der Waals surface area contributed by atoms with Crippen LogP contribution in [0.4, 0.5) is 0 Å². The van der Waals surface area contributed by atoms with Crippen molar-refractivity contribution in [1.82, 2.24) is 8.87 Å². The van der Waals surface area contributed by atoms with Crippen molar-refractivity contribution in [1.29, 1.82) is 0 Å². The minimum atomic E-state index is -3.88. The zero-order valence-electron chi connectivity index (χ0n) is 20.7. The molecule has 4 aromatic carbocycles. The normalized spacial score (nSPS) is 11.5. The summed E-state index contributed by atoms with van der Waals surface area (Å²) in [6.07, 6.45) is 1.29. The lowest BCUT2D eigenvalue weighted by Crippen LogP contribution is -2.30. The number of carboxylic acid groups (broad SMARTS) is 1. The standard InChI is InChI=1S/C30H24N2O6S/c33-29(34)25-11-15-26(16-12-25)32-28(21-38-30(32)35)24-13-17-27(18-14-24)39(36,37)31(19-22-7-3-1-4-8-22)20-23-9-5-2-6-10-23/h1-18,21H,19-20H2,(H,33,34). The Bertz CT molecular complexity index is 1700. The molecular formula is C30H24N2O6S. The van der Waals surface area contributed by atoms with Crippen molar-refractivity contribution in [2.75, 3.05) is 0 Å². The van der Waals surface area contributed by atoms with Gasteiger partial charge >= 0.3 is 11.7 Å². The Balaban J connectivity index is 1.47. The molecule has 5 rings (SSSR count). The van der Waals surface area contributed by atoms with E-state index in [2.05, 4.69) is 0 Å². The van der Waals surface area contributed by atoms with Crippen molar-refractivity contribution in [2.24, 2.45) is 0 Å². The average Bonchev–Trinajstić information content (AvgIpc) is 3.35. The first kappa shape index (κ1) is 25.9. The van der Waals surface area contributed by atoms with Crippen LogP contribution in [0.3, 0.4) is 0 Å². The maximum atomic E-state index is 13.8. The summed E-state index contributed by atoms with van der Waals surface area (Å²) in [4.78, 5) is 23.8. The second-order valence-corrected chi connectivity index (χ2v) is 10.8. The van der Waals surface area contributed by atoms with Gasteiger partial charge in [0.25, 0.3) is 0 Å². The van der Waals surface area contributed by atoms with Crippen LogP contribution in [0, 0.1) is 0 Å². The molecule has 5 aromatic rings. The maximum Gasteiger partial charge on any atom is 0.424 e. The van der Waals surface area contributed by atoms with E-state index < -0.39 is 21.7 Å². The molecule has 0 fully saturated rings. The van der Waals surface area contributed by atoms with E-state index in [1.54, 1.807) is 12.1 Å². The monoisotopic (exact) mass is 540 g/mol. The van der Waals surface area contributed by atoms with E-state index in [0.29, 0.717) is 16.9 Å². The van der Waals surface area contributed by atoms with Crippen LogP contribution in [0.25, 0.3) is 16.9 Å². The third-order valence-corrected chi connectivity index (χ3v) is 8.06. The van der Waals surface area contributed by atoms with E-state index in [1.807, 2.05) is 60.7 Å². The molecule has 8 nitrogen and oxygen atoms in total. The number of aromatic carboxylic acids is 1. The summed E-state index contributed by atoms with van der Waals surface area (Å²) in [6, 6.07) is 30.8. The second kappa shape index (κ2) is 10.9. The fourth-order valence-electron chi connectivity index (χ4n) is 4.25. The Morgan fingerprint density at radius 1 is 0.769 bits per heavy atom. The van der Waals surface area contributed by atoms with Crippen LogP contribution in [0.1, 0.15) is 21.5 Å². The molecule has 39 heavy (non-hydrogen) atoms. The number of carboxylic acids is 1. The van der Waals surface area contributed by atoms with Gasteiger partial charge in [0.05, 0.1) is 21.8 Å². The highest BCUT2D eigenvalue weighted by molar-refractivity contribution is 7.89. The third kappa shape index (κ3) is 5.59. The van der Waals surface area contributed by atoms with Gasteiger partial charge in [0, 0.05) is 18.7 Å². The zero-order valence-corrected chi connectivity index (χ0v) is 21.5. The fourth-order valence-corrected chi connectivity index (χ4v) is 5.67. The van der Waals surface area contributed by atoms with Gasteiger partial charge in [-0.15, -0.1) is 0 Å². The molecule has 1 N–H and O–H groups in total. The van der Waals surface area contributed by atoms with Crippen LogP contribution < -0.4 is 5.76 Å². The van der Waals surface area contributed by atoms with Crippen molar-refractivity contribution in [2.45, 2.75) is 18.0 Å². The molecule has 0 aliphatic rings. The van der Waals surface area contributed by atoms with Gasteiger partial charge in [-0.3, -0.25) is 0 Å². The van der Waals surface area contributed by atoms with Crippen LogP contribution in [-0.4, -0.2) is 28.4 Å². The number of rotatable bonds is 9. The van der Waals surface area contributed by atoms with Crippen molar-refractivity contribution in [3.05, 3.63) is 143 Å². The molecule has 0 saturated heterocycles. The minimum absolute atomic E-state index is 0.0852. The van der Waals surface area contributed by atoms with Crippen molar-refractivity contribution in [3.8, 4) is 16.9 Å². The smallest absolute Gasteiger partial charge is 0.424 e. The highest BCUT2D eigenvalue weighted by atomic mass is 32.2. The number of sulfonamides is 1. The van der Waals surface area contributed by atoms with Gasteiger partial charge in [-0.2, -0.15) is 4.31 Å². The van der Waals surface area contributed by atoms with Crippen LogP contribution in [0.2, 0.25) is 0 Å². The minimum Gasteiger partial charge on any atom is -0.478 e. The molecule has 196 valence electrons. The van der Waals surface area contributed by atoms with Gasteiger partial charge in [0.1, 0.15) is 6.26 Å². The number of oxazole rings is 1. The summed E-state index contributed by atoms with van der Waals surface area (Å²) < 4.78 is 35.4. The van der Waals surface area contributed by atoms with Crippen LogP contribution in [0.15, 0.2) is 130 Å². The van der Waals surface area contributed by atoms with Gasteiger partial charge in [-0.1, -0.05) is 72.8 Å². The summed E-state index contributed by atoms with van der Waals surface area (Å²) in [5.74, 6) is -1.73. The third-order valence-electron chi connectivity index (χ3n) is 6.26. The molecule has 0 saturated carbocycles. The van der Waals surface area contributed by atoms with Gasteiger partial charge in [0.2, 0.25) is 10.0 Å². The number of benzene rings is 4. The fraction of sp³-hybridized carbons (Fsp3) is 0.0667. The lowest BCUT2D eigenvalue weighted by Gasteiger charge is -2.23. The quantitative estimate of drug-likeness (QED) is 0.276. The lowest BCUT2D eigenvalue weighted by atomic mass is 10.1. The predicted octanol–water partition coefficient (Wildman–Crippen LogP) is 5.19. The first-order valence-electron chi connectivity index (χ1n) is 12.1. The molecule has 9 heteroatoms. The Labute approximate surface area is 225 Å². The van der Waals surface area contributed by atoms with E-state index in [0.717, 1.165) is 11.1 Å². The van der Waals surface area contributed by atoms with Crippen LogP contribution in [0.5, 0.6) is 0 Å². The van der Waals surface area contributed by atoms with E-state index in [4.69, 9.17) is 9.52 Å².